The van der Waals surface area contributed by atoms with Crippen LogP contribution in [0.4, 0.5) is 0 Å². The van der Waals surface area contributed by atoms with Crippen molar-refractivity contribution in [2.24, 2.45) is 0 Å². The second-order valence-corrected chi connectivity index (χ2v) is 4.60. The number of carbonyl (C=O) groups excluding carboxylic acids is 1. The zero-order valence-corrected chi connectivity index (χ0v) is 12.0. The minimum Gasteiger partial charge on any atom is -0.496 e. The molecule has 0 atom stereocenters. The number of benzene rings is 2. The summed E-state index contributed by atoms with van der Waals surface area (Å²) in [6, 6.07) is 18.3. The molecule has 0 aliphatic rings. The van der Waals surface area contributed by atoms with Gasteiger partial charge in [0.15, 0.2) is 12.0 Å². The first kappa shape index (κ1) is 13.9. The van der Waals surface area contributed by atoms with Crippen LogP contribution in [0.3, 0.4) is 0 Å². The SMILES string of the molecule is COc1ccc(Oc2ccccc2)cc1-c1ccc(C=O)o1. The van der Waals surface area contributed by atoms with E-state index in [2.05, 4.69) is 0 Å². The average Bonchev–Trinajstić information content (AvgIpc) is 3.05. The monoisotopic (exact) mass is 294 g/mol. The van der Waals surface area contributed by atoms with Gasteiger partial charge in [0.05, 0.1) is 12.7 Å². The standard InChI is InChI=1S/C18H14O4/c1-20-17-9-7-14(21-13-5-3-2-4-6-13)11-16(17)18-10-8-15(12-19)22-18/h2-12H,1H3. The van der Waals surface area contributed by atoms with E-state index in [0.717, 1.165) is 11.3 Å². The van der Waals surface area contributed by atoms with Crippen LogP contribution in [-0.4, -0.2) is 13.4 Å². The van der Waals surface area contributed by atoms with Gasteiger partial charge in [0, 0.05) is 0 Å². The van der Waals surface area contributed by atoms with E-state index in [-0.39, 0.29) is 5.76 Å². The highest BCUT2D eigenvalue weighted by Crippen LogP contribution is 2.35. The molecule has 0 N–H and O–H groups in total. The van der Waals surface area contributed by atoms with E-state index in [4.69, 9.17) is 13.9 Å². The smallest absolute Gasteiger partial charge is 0.185 e. The van der Waals surface area contributed by atoms with Crippen molar-refractivity contribution in [2.45, 2.75) is 0 Å². The molecule has 0 bridgehead atoms. The summed E-state index contributed by atoms with van der Waals surface area (Å²) >= 11 is 0. The van der Waals surface area contributed by atoms with Gasteiger partial charge < -0.3 is 13.9 Å². The Morgan fingerprint density at radius 1 is 0.955 bits per heavy atom. The number of rotatable bonds is 5. The second kappa shape index (κ2) is 6.18. The predicted molar refractivity (Wildman–Crippen MR) is 82.6 cm³/mol. The maximum Gasteiger partial charge on any atom is 0.185 e. The van der Waals surface area contributed by atoms with Crippen molar-refractivity contribution in [3.05, 3.63) is 66.4 Å². The van der Waals surface area contributed by atoms with E-state index in [1.54, 1.807) is 25.3 Å². The van der Waals surface area contributed by atoms with Gasteiger partial charge in [0.25, 0.3) is 0 Å². The Morgan fingerprint density at radius 3 is 2.45 bits per heavy atom. The van der Waals surface area contributed by atoms with Gasteiger partial charge in [-0.25, -0.2) is 0 Å². The molecule has 0 aliphatic heterocycles. The topological polar surface area (TPSA) is 48.7 Å². The lowest BCUT2D eigenvalue weighted by Crippen LogP contribution is -1.89. The fourth-order valence-electron chi connectivity index (χ4n) is 2.13. The summed E-state index contributed by atoms with van der Waals surface area (Å²) in [6.07, 6.45) is 0.667. The maximum absolute atomic E-state index is 10.8. The molecule has 0 aliphatic carbocycles. The van der Waals surface area contributed by atoms with E-state index in [1.807, 2.05) is 42.5 Å². The van der Waals surface area contributed by atoms with Gasteiger partial charge in [-0.15, -0.1) is 0 Å². The summed E-state index contributed by atoms with van der Waals surface area (Å²) in [5, 5.41) is 0. The van der Waals surface area contributed by atoms with Crippen LogP contribution in [0.1, 0.15) is 10.6 Å². The van der Waals surface area contributed by atoms with Crippen LogP contribution < -0.4 is 9.47 Å². The highest BCUT2D eigenvalue weighted by Gasteiger charge is 2.12. The minimum atomic E-state index is 0.270. The molecule has 4 nitrogen and oxygen atoms in total. The average molecular weight is 294 g/mol. The number of para-hydroxylation sites is 1. The molecule has 0 saturated heterocycles. The molecule has 1 aromatic heterocycles. The van der Waals surface area contributed by atoms with Crippen molar-refractivity contribution >= 4 is 6.29 Å². The molecular formula is C18H14O4. The molecule has 4 heteroatoms. The fourth-order valence-corrected chi connectivity index (χ4v) is 2.13. The molecule has 0 radical (unpaired) electrons. The van der Waals surface area contributed by atoms with Gasteiger partial charge in [-0.1, -0.05) is 18.2 Å². The van der Waals surface area contributed by atoms with E-state index in [1.165, 1.54) is 0 Å². The summed E-state index contributed by atoms with van der Waals surface area (Å²) in [6.45, 7) is 0. The van der Waals surface area contributed by atoms with Gasteiger partial charge >= 0.3 is 0 Å². The minimum absolute atomic E-state index is 0.270. The number of hydrogen-bond donors (Lipinski definition) is 0. The lowest BCUT2D eigenvalue weighted by Gasteiger charge is -2.10. The lowest BCUT2D eigenvalue weighted by molar-refractivity contribution is 0.110. The van der Waals surface area contributed by atoms with Crippen LogP contribution in [0, 0.1) is 0 Å². The summed E-state index contributed by atoms with van der Waals surface area (Å²) in [7, 11) is 1.58. The van der Waals surface area contributed by atoms with E-state index >= 15 is 0 Å². The molecule has 2 aromatic carbocycles. The van der Waals surface area contributed by atoms with E-state index < -0.39 is 0 Å². The van der Waals surface area contributed by atoms with Crippen LogP contribution in [-0.2, 0) is 0 Å². The number of carbonyl (C=O) groups is 1. The van der Waals surface area contributed by atoms with Crippen molar-refractivity contribution in [1.29, 1.82) is 0 Å². The first-order chi connectivity index (χ1) is 10.8. The number of furan rings is 1. The third kappa shape index (κ3) is 2.86. The van der Waals surface area contributed by atoms with Gasteiger partial charge in [-0.2, -0.15) is 0 Å². The largest absolute Gasteiger partial charge is 0.496 e. The van der Waals surface area contributed by atoms with E-state index in [9.17, 15) is 4.79 Å². The van der Waals surface area contributed by atoms with Crippen LogP contribution in [0.2, 0.25) is 0 Å². The van der Waals surface area contributed by atoms with Crippen molar-refractivity contribution in [3.63, 3.8) is 0 Å². The first-order valence-electron chi connectivity index (χ1n) is 6.76. The third-order valence-corrected chi connectivity index (χ3v) is 3.16. The molecule has 22 heavy (non-hydrogen) atoms. The van der Waals surface area contributed by atoms with Crippen molar-refractivity contribution in [3.8, 4) is 28.6 Å². The normalized spacial score (nSPS) is 10.2. The van der Waals surface area contributed by atoms with Crippen molar-refractivity contribution in [2.75, 3.05) is 7.11 Å². The Labute approximate surface area is 127 Å². The molecule has 0 unspecified atom stereocenters. The number of ether oxygens (including phenoxy) is 2. The molecular weight excluding hydrogens is 280 g/mol. The maximum atomic E-state index is 10.8. The Morgan fingerprint density at radius 2 is 1.77 bits per heavy atom. The number of hydrogen-bond acceptors (Lipinski definition) is 4. The fraction of sp³-hybridized carbons (Fsp3) is 0.0556. The Bertz CT molecular complexity index is 775. The van der Waals surface area contributed by atoms with Crippen molar-refractivity contribution in [1.82, 2.24) is 0 Å². The van der Waals surface area contributed by atoms with Gasteiger partial charge in [0.2, 0.25) is 0 Å². The van der Waals surface area contributed by atoms with Crippen LogP contribution in [0.15, 0.2) is 65.1 Å². The summed E-state index contributed by atoms with van der Waals surface area (Å²) < 4.78 is 16.6. The van der Waals surface area contributed by atoms with Crippen LogP contribution in [0.25, 0.3) is 11.3 Å². The van der Waals surface area contributed by atoms with Crippen LogP contribution >= 0.6 is 0 Å². The highest BCUT2D eigenvalue weighted by atomic mass is 16.5. The van der Waals surface area contributed by atoms with Gasteiger partial charge in [0.1, 0.15) is 23.0 Å². The molecule has 0 amide bonds. The molecule has 0 saturated carbocycles. The zero-order chi connectivity index (χ0) is 15.4. The number of aldehydes is 1. The summed E-state index contributed by atoms with van der Waals surface area (Å²) in [5.74, 6) is 2.87. The zero-order valence-electron chi connectivity index (χ0n) is 12.0. The Balaban J connectivity index is 1.97. The molecule has 110 valence electrons. The molecule has 3 rings (SSSR count). The summed E-state index contributed by atoms with van der Waals surface area (Å²) in [4.78, 5) is 10.8. The second-order valence-electron chi connectivity index (χ2n) is 4.60. The molecule has 0 spiro atoms. The van der Waals surface area contributed by atoms with Crippen LogP contribution in [0.5, 0.6) is 17.2 Å². The molecule has 1 heterocycles. The third-order valence-electron chi connectivity index (χ3n) is 3.16. The Kier molecular flexibility index (Phi) is 3.92. The Hall–Kier alpha value is -3.01. The van der Waals surface area contributed by atoms with Gasteiger partial charge in [-0.05, 0) is 42.5 Å². The molecule has 3 aromatic rings. The van der Waals surface area contributed by atoms with Gasteiger partial charge in [-0.3, -0.25) is 4.79 Å². The summed E-state index contributed by atoms with van der Waals surface area (Å²) in [5.41, 5.74) is 0.726. The van der Waals surface area contributed by atoms with Crippen molar-refractivity contribution < 1.29 is 18.7 Å². The first-order valence-corrected chi connectivity index (χ1v) is 6.76. The highest BCUT2D eigenvalue weighted by molar-refractivity contribution is 5.74. The predicted octanol–water partition coefficient (Wildman–Crippen LogP) is 4.56. The molecule has 0 fully saturated rings. The lowest BCUT2D eigenvalue weighted by atomic mass is 10.1. The number of methoxy groups -OCH3 is 1. The quantitative estimate of drug-likeness (QED) is 0.647. The van der Waals surface area contributed by atoms with E-state index in [0.29, 0.717) is 23.5 Å².